The van der Waals surface area contributed by atoms with Crippen LogP contribution in [0.2, 0.25) is 10.0 Å². The number of ether oxygens (including phenoxy) is 1. The standard InChI is InChI=1S/C20H23Cl2IN4O2/c1-11-16(12-3-2-4-13(21)15(12)22)26-14(9-28)19(25-11)27-7-5-20(6-8-27)10-29-18(23)17(20)24/h2-4,17-18,28H,5-10,24H2,1H3/t17-,18+/m1/s1. The highest BCUT2D eigenvalue weighted by atomic mass is 127. The van der Waals surface area contributed by atoms with Crippen LogP contribution in [0.5, 0.6) is 0 Å². The third-order valence-electron chi connectivity index (χ3n) is 6.06. The van der Waals surface area contributed by atoms with Gasteiger partial charge in [-0.3, -0.25) is 0 Å². The third kappa shape index (κ3) is 3.85. The molecule has 0 amide bonds. The zero-order chi connectivity index (χ0) is 20.8. The molecule has 2 fully saturated rings. The first-order chi connectivity index (χ1) is 13.9. The van der Waals surface area contributed by atoms with Crippen molar-refractivity contribution in [3.63, 3.8) is 0 Å². The van der Waals surface area contributed by atoms with E-state index in [4.69, 9.17) is 43.6 Å². The van der Waals surface area contributed by atoms with Crippen LogP contribution in [-0.2, 0) is 11.3 Å². The number of anilines is 1. The number of nitrogens with two attached hydrogens (primary N) is 1. The number of benzene rings is 1. The molecule has 0 radical (unpaired) electrons. The van der Waals surface area contributed by atoms with E-state index in [0.717, 1.165) is 37.4 Å². The number of aryl methyl sites for hydroxylation is 1. The van der Waals surface area contributed by atoms with Crippen LogP contribution < -0.4 is 10.6 Å². The number of halogens is 3. The summed E-state index contributed by atoms with van der Waals surface area (Å²) >= 11 is 14.8. The van der Waals surface area contributed by atoms with Crippen molar-refractivity contribution < 1.29 is 9.84 Å². The van der Waals surface area contributed by atoms with Crippen LogP contribution in [0, 0.1) is 12.3 Å². The highest BCUT2D eigenvalue weighted by molar-refractivity contribution is 14.1. The van der Waals surface area contributed by atoms with Crippen LogP contribution in [0.1, 0.15) is 24.2 Å². The molecule has 156 valence electrons. The lowest BCUT2D eigenvalue weighted by Crippen LogP contribution is -2.50. The van der Waals surface area contributed by atoms with Crippen molar-refractivity contribution in [2.24, 2.45) is 11.1 Å². The maximum Gasteiger partial charge on any atom is 0.153 e. The number of aliphatic hydroxyl groups is 1. The Balaban J connectivity index is 1.63. The molecule has 2 atom stereocenters. The van der Waals surface area contributed by atoms with Gasteiger partial charge >= 0.3 is 0 Å². The van der Waals surface area contributed by atoms with Gasteiger partial charge < -0.3 is 20.5 Å². The molecule has 2 aliphatic heterocycles. The lowest BCUT2D eigenvalue weighted by atomic mass is 9.75. The summed E-state index contributed by atoms with van der Waals surface area (Å²) in [6.07, 6.45) is 1.86. The predicted molar refractivity (Wildman–Crippen MR) is 124 cm³/mol. The predicted octanol–water partition coefficient (Wildman–Crippen LogP) is 3.96. The average molecular weight is 549 g/mol. The normalized spacial score (nSPS) is 23.7. The molecule has 0 aliphatic carbocycles. The summed E-state index contributed by atoms with van der Waals surface area (Å²) in [6.45, 7) is 4.02. The van der Waals surface area contributed by atoms with Gasteiger partial charge in [0, 0.05) is 30.1 Å². The fourth-order valence-electron chi connectivity index (χ4n) is 4.21. The summed E-state index contributed by atoms with van der Waals surface area (Å²) in [4.78, 5) is 11.7. The Hall–Kier alpha value is -0.710. The molecule has 3 N–H and O–H groups in total. The zero-order valence-corrected chi connectivity index (χ0v) is 19.7. The number of hydrogen-bond acceptors (Lipinski definition) is 6. The Labute approximate surface area is 193 Å². The van der Waals surface area contributed by atoms with Crippen molar-refractivity contribution in [3.8, 4) is 11.3 Å². The Morgan fingerprint density at radius 2 is 2.03 bits per heavy atom. The second kappa shape index (κ2) is 8.43. The number of rotatable bonds is 3. The van der Waals surface area contributed by atoms with Crippen molar-refractivity contribution in [3.05, 3.63) is 39.6 Å². The van der Waals surface area contributed by atoms with Gasteiger partial charge in [-0.1, -0.05) is 35.3 Å². The van der Waals surface area contributed by atoms with Crippen LogP contribution in [0.4, 0.5) is 5.82 Å². The minimum absolute atomic E-state index is 0.0263. The SMILES string of the molecule is Cc1nc(N2CCC3(CC2)CO[C@H](I)[C@H]3N)c(CO)nc1-c1cccc(Cl)c1Cl. The summed E-state index contributed by atoms with van der Waals surface area (Å²) in [6, 6.07) is 5.47. The molecule has 4 rings (SSSR count). The van der Waals surface area contributed by atoms with E-state index in [1.807, 2.05) is 19.1 Å². The first-order valence-electron chi connectivity index (χ1n) is 9.55. The van der Waals surface area contributed by atoms with E-state index < -0.39 is 0 Å². The molecule has 1 spiro atoms. The van der Waals surface area contributed by atoms with Gasteiger partial charge in [0.1, 0.15) is 9.80 Å². The summed E-state index contributed by atoms with van der Waals surface area (Å²) in [5.41, 5.74) is 9.08. The van der Waals surface area contributed by atoms with E-state index in [1.54, 1.807) is 6.07 Å². The van der Waals surface area contributed by atoms with Gasteiger partial charge in [0.15, 0.2) is 5.82 Å². The van der Waals surface area contributed by atoms with Crippen LogP contribution >= 0.6 is 45.8 Å². The van der Waals surface area contributed by atoms with Crippen molar-refractivity contribution in [2.75, 3.05) is 24.6 Å². The number of piperidine rings is 1. The molecular formula is C20H23Cl2IN4O2. The topological polar surface area (TPSA) is 84.5 Å². The quantitative estimate of drug-likeness (QED) is 0.446. The fourth-order valence-corrected chi connectivity index (χ4v) is 5.54. The van der Waals surface area contributed by atoms with E-state index in [1.165, 1.54) is 0 Å². The molecule has 0 unspecified atom stereocenters. The number of aromatic nitrogens is 2. The van der Waals surface area contributed by atoms with E-state index >= 15 is 0 Å². The van der Waals surface area contributed by atoms with Gasteiger partial charge in [-0.05, 0) is 48.4 Å². The molecule has 0 saturated carbocycles. The fraction of sp³-hybridized carbons (Fsp3) is 0.500. The summed E-state index contributed by atoms with van der Waals surface area (Å²) in [5.74, 6) is 0.722. The van der Waals surface area contributed by atoms with Gasteiger partial charge in [0.25, 0.3) is 0 Å². The third-order valence-corrected chi connectivity index (χ3v) is 8.01. The van der Waals surface area contributed by atoms with Crippen molar-refractivity contribution in [1.82, 2.24) is 9.97 Å². The van der Waals surface area contributed by atoms with Crippen molar-refractivity contribution >= 4 is 51.6 Å². The lowest BCUT2D eigenvalue weighted by molar-refractivity contribution is 0.127. The molecule has 9 heteroatoms. The number of aliphatic hydroxyl groups excluding tert-OH is 1. The summed E-state index contributed by atoms with van der Waals surface area (Å²) in [7, 11) is 0. The molecule has 3 heterocycles. The van der Waals surface area contributed by atoms with Crippen molar-refractivity contribution in [2.45, 2.75) is 36.5 Å². The molecule has 0 bridgehead atoms. The average Bonchev–Trinajstić information content (AvgIpc) is 2.99. The van der Waals surface area contributed by atoms with Gasteiger partial charge in [-0.25, -0.2) is 9.97 Å². The second-order valence-electron chi connectivity index (χ2n) is 7.72. The Kier molecular flexibility index (Phi) is 6.26. The van der Waals surface area contributed by atoms with Gasteiger partial charge in [0.05, 0.1) is 34.6 Å². The van der Waals surface area contributed by atoms with Crippen LogP contribution in [0.3, 0.4) is 0 Å². The Morgan fingerprint density at radius 3 is 2.66 bits per heavy atom. The van der Waals surface area contributed by atoms with E-state index in [0.29, 0.717) is 33.6 Å². The van der Waals surface area contributed by atoms with Crippen molar-refractivity contribution in [1.29, 1.82) is 0 Å². The molecule has 2 saturated heterocycles. The molecular weight excluding hydrogens is 526 g/mol. The van der Waals surface area contributed by atoms with E-state index in [9.17, 15) is 5.11 Å². The highest BCUT2D eigenvalue weighted by Crippen LogP contribution is 2.44. The molecule has 1 aromatic heterocycles. The van der Waals surface area contributed by atoms with Gasteiger partial charge in [0.2, 0.25) is 0 Å². The highest BCUT2D eigenvalue weighted by Gasteiger charge is 2.48. The minimum atomic E-state index is -0.201. The largest absolute Gasteiger partial charge is 0.390 e. The van der Waals surface area contributed by atoms with E-state index in [-0.39, 0.29) is 22.2 Å². The number of hydrogen-bond donors (Lipinski definition) is 2. The smallest absolute Gasteiger partial charge is 0.153 e. The minimum Gasteiger partial charge on any atom is -0.390 e. The molecule has 1 aromatic carbocycles. The van der Waals surface area contributed by atoms with Gasteiger partial charge in [-0.2, -0.15) is 0 Å². The molecule has 2 aliphatic rings. The monoisotopic (exact) mass is 548 g/mol. The van der Waals surface area contributed by atoms with Crippen LogP contribution in [0.25, 0.3) is 11.3 Å². The first kappa shape index (κ1) is 21.5. The zero-order valence-electron chi connectivity index (χ0n) is 16.0. The maximum absolute atomic E-state index is 9.99. The van der Waals surface area contributed by atoms with Crippen LogP contribution in [0.15, 0.2) is 18.2 Å². The van der Waals surface area contributed by atoms with E-state index in [2.05, 4.69) is 27.5 Å². The summed E-state index contributed by atoms with van der Waals surface area (Å²) in [5, 5.41) is 10.9. The molecule has 6 nitrogen and oxygen atoms in total. The van der Waals surface area contributed by atoms with Crippen LogP contribution in [-0.4, -0.2) is 44.9 Å². The molecule has 2 aromatic rings. The summed E-state index contributed by atoms with van der Waals surface area (Å²) < 4.78 is 5.87. The lowest BCUT2D eigenvalue weighted by Gasteiger charge is -2.41. The first-order valence-corrected chi connectivity index (χ1v) is 11.6. The number of nitrogens with zero attached hydrogens (tertiary/aromatic N) is 3. The number of alkyl halides is 1. The maximum atomic E-state index is 9.99. The second-order valence-corrected chi connectivity index (χ2v) is 9.74. The molecule has 29 heavy (non-hydrogen) atoms. The van der Waals surface area contributed by atoms with Gasteiger partial charge in [-0.15, -0.1) is 0 Å². The Bertz CT molecular complexity index is 922. The Morgan fingerprint density at radius 1 is 1.31 bits per heavy atom.